The first-order valence-corrected chi connectivity index (χ1v) is 12.8. The van der Waals surface area contributed by atoms with E-state index in [9.17, 15) is 20.2 Å². The number of non-ortho nitro benzene ring substituents is 1. The lowest BCUT2D eigenvalue weighted by Crippen LogP contribution is -2.36. The average molecular weight is 593 g/mol. The molecule has 0 bridgehead atoms. The molecule has 1 N–H and O–H groups in total. The van der Waals surface area contributed by atoms with Gasteiger partial charge in [0, 0.05) is 36.6 Å². The Bertz CT molecular complexity index is 1410. The van der Waals surface area contributed by atoms with Gasteiger partial charge < -0.3 is 24.4 Å². The minimum Gasteiger partial charge on any atom is -0.493 e. The lowest BCUT2D eigenvalue weighted by Gasteiger charge is -2.28. The number of hydrogen-bond acceptors (Lipinski definition) is 8. The van der Waals surface area contributed by atoms with Gasteiger partial charge in [-0.05, 0) is 81.7 Å². The van der Waals surface area contributed by atoms with E-state index in [1.807, 2.05) is 18.2 Å². The number of nitrogens with one attached hydrogen (secondary N) is 1. The fourth-order valence-corrected chi connectivity index (χ4v) is 4.50. The van der Waals surface area contributed by atoms with Crippen LogP contribution in [0.3, 0.4) is 0 Å². The molecule has 1 aliphatic rings. The van der Waals surface area contributed by atoms with Crippen LogP contribution in [0.1, 0.15) is 11.1 Å². The maximum atomic E-state index is 12.8. The highest BCUT2D eigenvalue weighted by Gasteiger charge is 2.16. The van der Waals surface area contributed by atoms with Crippen LogP contribution in [-0.2, 0) is 16.1 Å². The van der Waals surface area contributed by atoms with Crippen LogP contribution in [0.5, 0.6) is 11.5 Å². The van der Waals surface area contributed by atoms with Gasteiger partial charge in [0.2, 0.25) is 0 Å². The van der Waals surface area contributed by atoms with Crippen molar-refractivity contribution in [2.75, 3.05) is 43.6 Å². The van der Waals surface area contributed by atoms with Gasteiger partial charge in [-0.15, -0.1) is 0 Å². The van der Waals surface area contributed by atoms with Gasteiger partial charge in [-0.1, -0.05) is 0 Å². The van der Waals surface area contributed by atoms with Crippen molar-refractivity contribution >= 4 is 45.0 Å². The van der Waals surface area contributed by atoms with E-state index in [-0.39, 0.29) is 17.9 Å². The maximum absolute atomic E-state index is 12.8. The molecule has 1 amide bonds. The standard InChI is InChI=1S/C28H25BrN4O6/c1-37-26-16-20(15-25(29)27(26)39-18-19-2-6-24(7-3-19)33(35)36)14-21(17-30)28(34)31-22-4-8-23(9-5-22)32-10-12-38-13-11-32/h2-9,14-16H,10-13,18H2,1H3,(H,31,34). The Labute approximate surface area is 233 Å². The maximum Gasteiger partial charge on any atom is 0.269 e. The zero-order chi connectivity index (χ0) is 27.8. The summed E-state index contributed by atoms with van der Waals surface area (Å²) >= 11 is 3.47. The molecule has 3 aromatic rings. The van der Waals surface area contributed by atoms with Crippen molar-refractivity contribution in [3.8, 4) is 17.6 Å². The van der Waals surface area contributed by atoms with Gasteiger partial charge in [-0.2, -0.15) is 5.26 Å². The van der Waals surface area contributed by atoms with Gasteiger partial charge in [0.25, 0.3) is 11.6 Å². The van der Waals surface area contributed by atoms with Crippen molar-refractivity contribution in [3.05, 3.63) is 92.0 Å². The molecule has 4 rings (SSSR count). The zero-order valence-electron chi connectivity index (χ0n) is 21.1. The highest BCUT2D eigenvalue weighted by molar-refractivity contribution is 9.10. The summed E-state index contributed by atoms with van der Waals surface area (Å²) in [7, 11) is 1.48. The number of morpholine rings is 1. The van der Waals surface area contributed by atoms with E-state index in [1.165, 1.54) is 25.3 Å². The monoisotopic (exact) mass is 592 g/mol. The number of rotatable bonds is 9. The largest absolute Gasteiger partial charge is 0.493 e. The number of benzene rings is 3. The van der Waals surface area contributed by atoms with E-state index in [0.717, 1.165) is 24.3 Å². The SMILES string of the molecule is COc1cc(C=C(C#N)C(=O)Nc2ccc(N3CCOCC3)cc2)cc(Br)c1OCc1ccc([N+](=O)[O-])cc1. The Balaban J connectivity index is 1.45. The highest BCUT2D eigenvalue weighted by Crippen LogP contribution is 2.38. The third-order valence-electron chi connectivity index (χ3n) is 5.96. The summed E-state index contributed by atoms with van der Waals surface area (Å²) in [5.74, 6) is 0.260. The number of anilines is 2. The van der Waals surface area contributed by atoms with Gasteiger partial charge >= 0.3 is 0 Å². The first kappa shape index (κ1) is 27.6. The molecule has 0 radical (unpaired) electrons. The van der Waals surface area contributed by atoms with E-state index >= 15 is 0 Å². The van der Waals surface area contributed by atoms with E-state index in [4.69, 9.17) is 14.2 Å². The summed E-state index contributed by atoms with van der Waals surface area (Å²) in [5, 5.41) is 23.3. The van der Waals surface area contributed by atoms with E-state index in [0.29, 0.717) is 40.4 Å². The topological polar surface area (TPSA) is 127 Å². The summed E-state index contributed by atoms with van der Waals surface area (Å²) in [6, 6.07) is 18.8. The van der Waals surface area contributed by atoms with Crippen LogP contribution in [0.4, 0.5) is 17.1 Å². The van der Waals surface area contributed by atoms with Gasteiger partial charge in [0.15, 0.2) is 11.5 Å². The van der Waals surface area contributed by atoms with Crippen molar-refractivity contribution < 1.29 is 23.9 Å². The number of hydrogen-bond donors (Lipinski definition) is 1. The number of nitriles is 1. The van der Waals surface area contributed by atoms with Crippen LogP contribution in [0.2, 0.25) is 0 Å². The van der Waals surface area contributed by atoms with Crippen molar-refractivity contribution in [2.45, 2.75) is 6.61 Å². The molecule has 0 aromatic heterocycles. The van der Waals surface area contributed by atoms with Crippen molar-refractivity contribution in [1.29, 1.82) is 5.26 Å². The summed E-state index contributed by atoms with van der Waals surface area (Å²) in [5.41, 5.74) is 2.82. The fourth-order valence-electron chi connectivity index (χ4n) is 3.92. The molecule has 0 atom stereocenters. The minimum absolute atomic E-state index is 0.00371. The van der Waals surface area contributed by atoms with E-state index in [2.05, 4.69) is 26.1 Å². The predicted octanol–water partition coefficient (Wildman–Crippen LogP) is 5.33. The number of ether oxygens (including phenoxy) is 3. The van der Waals surface area contributed by atoms with Crippen LogP contribution in [0, 0.1) is 21.4 Å². The van der Waals surface area contributed by atoms with Crippen LogP contribution in [-0.4, -0.2) is 44.2 Å². The van der Waals surface area contributed by atoms with Crippen molar-refractivity contribution in [2.24, 2.45) is 0 Å². The van der Waals surface area contributed by atoms with E-state index in [1.54, 1.807) is 36.4 Å². The summed E-state index contributed by atoms with van der Waals surface area (Å²) in [6.45, 7) is 3.14. The molecular formula is C28H25BrN4O6. The smallest absolute Gasteiger partial charge is 0.269 e. The molecule has 1 aliphatic heterocycles. The molecule has 3 aromatic carbocycles. The number of carbonyl (C=O) groups is 1. The predicted molar refractivity (Wildman–Crippen MR) is 150 cm³/mol. The molecule has 0 unspecified atom stereocenters. The number of halogens is 1. The lowest BCUT2D eigenvalue weighted by atomic mass is 10.1. The number of carbonyl (C=O) groups excluding carboxylic acids is 1. The first-order valence-electron chi connectivity index (χ1n) is 12.0. The molecule has 10 nitrogen and oxygen atoms in total. The van der Waals surface area contributed by atoms with Crippen LogP contribution < -0.4 is 19.7 Å². The fraction of sp³-hybridized carbons (Fsp3) is 0.214. The average Bonchev–Trinajstić information content (AvgIpc) is 2.96. The quantitative estimate of drug-likeness (QED) is 0.153. The summed E-state index contributed by atoms with van der Waals surface area (Å²) < 4.78 is 17.3. The molecule has 200 valence electrons. The van der Waals surface area contributed by atoms with Crippen LogP contribution in [0.15, 0.2) is 70.7 Å². The Morgan fingerprint density at radius 3 is 2.49 bits per heavy atom. The first-order chi connectivity index (χ1) is 18.9. The Kier molecular flexibility index (Phi) is 9.14. The molecule has 0 spiro atoms. The van der Waals surface area contributed by atoms with Gasteiger partial charge in [-0.25, -0.2) is 0 Å². The molecule has 0 saturated carbocycles. The molecule has 1 heterocycles. The number of nitrogens with zero attached hydrogens (tertiary/aromatic N) is 3. The Morgan fingerprint density at radius 2 is 1.87 bits per heavy atom. The number of nitro groups is 1. The normalized spacial score (nSPS) is 13.4. The second-order valence-corrected chi connectivity index (χ2v) is 9.37. The number of amides is 1. The van der Waals surface area contributed by atoms with Crippen molar-refractivity contribution in [1.82, 2.24) is 0 Å². The number of nitro benzene ring substituents is 1. The molecule has 1 fully saturated rings. The van der Waals surface area contributed by atoms with Crippen LogP contribution >= 0.6 is 15.9 Å². The molecule has 11 heteroatoms. The summed E-state index contributed by atoms with van der Waals surface area (Å²) in [4.78, 5) is 25.4. The van der Waals surface area contributed by atoms with Crippen molar-refractivity contribution in [3.63, 3.8) is 0 Å². The van der Waals surface area contributed by atoms with Gasteiger partial charge in [-0.3, -0.25) is 14.9 Å². The minimum atomic E-state index is -0.537. The zero-order valence-corrected chi connectivity index (χ0v) is 22.6. The Hall–Kier alpha value is -4.40. The number of methoxy groups -OCH3 is 1. The van der Waals surface area contributed by atoms with E-state index < -0.39 is 10.8 Å². The third kappa shape index (κ3) is 7.13. The lowest BCUT2D eigenvalue weighted by molar-refractivity contribution is -0.384. The molecule has 0 aliphatic carbocycles. The molecule has 39 heavy (non-hydrogen) atoms. The molecular weight excluding hydrogens is 568 g/mol. The second-order valence-electron chi connectivity index (χ2n) is 8.52. The Morgan fingerprint density at radius 1 is 1.18 bits per heavy atom. The highest BCUT2D eigenvalue weighted by atomic mass is 79.9. The van der Waals surface area contributed by atoms with Gasteiger partial charge in [0.05, 0.1) is 29.7 Å². The second kappa shape index (κ2) is 12.9. The van der Waals surface area contributed by atoms with Crippen LogP contribution in [0.25, 0.3) is 6.08 Å². The molecule has 1 saturated heterocycles. The third-order valence-corrected chi connectivity index (χ3v) is 6.55. The summed E-state index contributed by atoms with van der Waals surface area (Å²) in [6.07, 6.45) is 1.46. The van der Waals surface area contributed by atoms with Gasteiger partial charge in [0.1, 0.15) is 18.2 Å².